The van der Waals surface area contributed by atoms with Crippen LogP contribution in [0, 0.1) is 0 Å². The monoisotopic (exact) mass is 324 g/mol. The van der Waals surface area contributed by atoms with E-state index in [0.29, 0.717) is 15.7 Å². The highest BCUT2D eigenvalue weighted by Gasteiger charge is 2.13. The van der Waals surface area contributed by atoms with Crippen molar-refractivity contribution in [2.45, 2.75) is 0 Å². The van der Waals surface area contributed by atoms with Crippen molar-refractivity contribution in [2.24, 2.45) is 0 Å². The Hall–Kier alpha value is -0.220. The predicted molar refractivity (Wildman–Crippen MR) is 66.6 cm³/mol. The van der Waals surface area contributed by atoms with Crippen LogP contribution in [0.3, 0.4) is 0 Å². The SMILES string of the molecule is Clc1c(Br)cccc1-c1cnn(Cl)c1Cl. The molecule has 6 heteroatoms. The van der Waals surface area contributed by atoms with Crippen molar-refractivity contribution < 1.29 is 0 Å². The maximum Gasteiger partial charge on any atom is 0.153 e. The average molecular weight is 326 g/mol. The summed E-state index contributed by atoms with van der Waals surface area (Å²) in [7, 11) is 0. The van der Waals surface area contributed by atoms with E-state index in [9.17, 15) is 0 Å². The summed E-state index contributed by atoms with van der Waals surface area (Å²) in [6.07, 6.45) is 1.57. The zero-order chi connectivity index (χ0) is 11.0. The Kier molecular flexibility index (Phi) is 3.26. The van der Waals surface area contributed by atoms with Crippen molar-refractivity contribution in [3.8, 4) is 11.1 Å². The van der Waals surface area contributed by atoms with Crippen LogP contribution in [0.2, 0.25) is 10.2 Å². The number of benzene rings is 1. The number of hydrogen-bond donors (Lipinski definition) is 0. The molecule has 1 heterocycles. The molecular weight excluding hydrogens is 322 g/mol. The lowest BCUT2D eigenvalue weighted by Crippen LogP contribution is -1.82. The van der Waals surface area contributed by atoms with Crippen molar-refractivity contribution in [1.29, 1.82) is 0 Å². The Morgan fingerprint density at radius 1 is 1.20 bits per heavy atom. The molecule has 0 amide bonds. The summed E-state index contributed by atoms with van der Waals surface area (Å²) >= 11 is 21.1. The maximum atomic E-state index is 6.12. The van der Waals surface area contributed by atoms with Gasteiger partial charge in [-0.2, -0.15) is 9.30 Å². The molecule has 2 nitrogen and oxygen atoms in total. The Labute approximate surface area is 110 Å². The highest BCUT2D eigenvalue weighted by molar-refractivity contribution is 9.10. The van der Waals surface area contributed by atoms with Crippen LogP contribution < -0.4 is 0 Å². The molecule has 0 saturated carbocycles. The molecule has 0 aliphatic rings. The first-order chi connectivity index (χ1) is 7.11. The van der Waals surface area contributed by atoms with Crippen LogP contribution in [-0.2, 0) is 0 Å². The largest absolute Gasteiger partial charge is 0.163 e. The number of aromatic nitrogens is 2. The topological polar surface area (TPSA) is 17.8 Å². The van der Waals surface area contributed by atoms with Gasteiger partial charge in [-0.15, -0.1) is 0 Å². The summed E-state index contributed by atoms with van der Waals surface area (Å²) in [5.74, 6) is 0. The Balaban J connectivity index is 2.64. The van der Waals surface area contributed by atoms with E-state index in [1.165, 1.54) is 0 Å². The third-order valence-corrected chi connectivity index (χ3v) is 3.92. The second-order valence-electron chi connectivity index (χ2n) is 2.81. The van der Waals surface area contributed by atoms with E-state index in [2.05, 4.69) is 21.0 Å². The van der Waals surface area contributed by atoms with Crippen molar-refractivity contribution in [2.75, 3.05) is 0 Å². The molecule has 1 aromatic carbocycles. The van der Waals surface area contributed by atoms with E-state index in [1.54, 1.807) is 6.20 Å². The summed E-state index contributed by atoms with van der Waals surface area (Å²) in [5, 5.41) is 4.77. The Morgan fingerprint density at radius 2 is 1.93 bits per heavy atom. The Bertz CT molecular complexity index is 510. The fourth-order valence-corrected chi connectivity index (χ4v) is 2.13. The third-order valence-electron chi connectivity index (χ3n) is 1.91. The van der Waals surface area contributed by atoms with Gasteiger partial charge in [0.25, 0.3) is 0 Å². The molecule has 2 aromatic rings. The van der Waals surface area contributed by atoms with Gasteiger partial charge >= 0.3 is 0 Å². The van der Waals surface area contributed by atoms with Gasteiger partial charge in [-0.05, 0) is 22.0 Å². The average Bonchev–Trinajstić information content (AvgIpc) is 2.53. The molecule has 15 heavy (non-hydrogen) atoms. The first-order valence-corrected chi connectivity index (χ1v) is 5.84. The van der Waals surface area contributed by atoms with Crippen LogP contribution in [0.25, 0.3) is 11.1 Å². The lowest BCUT2D eigenvalue weighted by atomic mass is 10.1. The molecular formula is C9H4BrCl3N2. The zero-order valence-corrected chi connectivity index (χ0v) is 11.1. The zero-order valence-electron chi connectivity index (χ0n) is 7.22. The van der Waals surface area contributed by atoms with E-state index in [1.807, 2.05) is 18.2 Å². The van der Waals surface area contributed by atoms with Gasteiger partial charge in [0.2, 0.25) is 0 Å². The normalized spacial score (nSPS) is 10.7. The molecule has 0 bridgehead atoms. The smallest absolute Gasteiger partial charge is 0.153 e. The van der Waals surface area contributed by atoms with Crippen LogP contribution >= 0.6 is 50.9 Å². The number of nitrogens with zero attached hydrogens (tertiary/aromatic N) is 2. The van der Waals surface area contributed by atoms with Gasteiger partial charge in [-0.1, -0.05) is 35.3 Å². The van der Waals surface area contributed by atoms with Crippen LogP contribution in [0.1, 0.15) is 0 Å². The molecule has 0 spiro atoms. The minimum Gasteiger partial charge on any atom is -0.163 e. The number of rotatable bonds is 1. The maximum absolute atomic E-state index is 6.12. The van der Waals surface area contributed by atoms with Gasteiger partial charge in [-0.3, -0.25) is 0 Å². The molecule has 0 aliphatic carbocycles. The second kappa shape index (κ2) is 4.34. The second-order valence-corrected chi connectivity index (χ2v) is 4.72. The predicted octanol–water partition coefficient (Wildman–Crippen LogP) is 4.62. The molecule has 0 radical (unpaired) electrons. The quantitative estimate of drug-likeness (QED) is 0.747. The van der Waals surface area contributed by atoms with E-state index in [-0.39, 0.29) is 0 Å². The fraction of sp³-hybridized carbons (Fsp3) is 0. The molecule has 0 atom stereocenters. The van der Waals surface area contributed by atoms with E-state index in [4.69, 9.17) is 35.0 Å². The lowest BCUT2D eigenvalue weighted by Gasteiger charge is -2.03. The minimum atomic E-state index is 0.344. The van der Waals surface area contributed by atoms with Crippen molar-refractivity contribution >= 4 is 50.9 Å². The van der Waals surface area contributed by atoms with Crippen LogP contribution in [-0.4, -0.2) is 9.30 Å². The van der Waals surface area contributed by atoms with Crippen LogP contribution in [0.15, 0.2) is 28.9 Å². The lowest BCUT2D eigenvalue weighted by molar-refractivity contribution is 0.994. The van der Waals surface area contributed by atoms with Crippen molar-refractivity contribution in [3.63, 3.8) is 0 Å². The number of halogens is 4. The van der Waals surface area contributed by atoms with E-state index >= 15 is 0 Å². The van der Waals surface area contributed by atoms with Gasteiger partial charge in [0, 0.05) is 27.4 Å². The van der Waals surface area contributed by atoms with Gasteiger partial charge in [0.1, 0.15) is 0 Å². The molecule has 0 saturated heterocycles. The Morgan fingerprint density at radius 3 is 2.53 bits per heavy atom. The van der Waals surface area contributed by atoms with Crippen LogP contribution in [0.4, 0.5) is 0 Å². The molecule has 2 rings (SSSR count). The minimum absolute atomic E-state index is 0.344. The van der Waals surface area contributed by atoms with Crippen LogP contribution in [0.5, 0.6) is 0 Å². The molecule has 0 N–H and O–H groups in total. The van der Waals surface area contributed by atoms with Gasteiger partial charge in [0.05, 0.1) is 11.2 Å². The standard InChI is InChI=1S/C9H4BrCl3N2/c10-7-3-1-2-5(8(7)11)6-4-14-15(13)9(6)12/h1-4H. The van der Waals surface area contributed by atoms with E-state index < -0.39 is 0 Å². The summed E-state index contributed by atoms with van der Waals surface area (Å²) in [4.78, 5) is 0. The highest BCUT2D eigenvalue weighted by Crippen LogP contribution is 2.37. The number of hydrogen-bond acceptors (Lipinski definition) is 1. The molecule has 0 aliphatic heterocycles. The summed E-state index contributed by atoms with van der Waals surface area (Å²) in [6.45, 7) is 0. The molecule has 78 valence electrons. The highest BCUT2D eigenvalue weighted by atomic mass is 79.9. The summed E-state index contributed by atoms with van der Waals surface area (Å²) in [5.41, 5.74) is 1.50. The van der Waals surface area contributed by atoms with E-state index in [0.717, 1.165) is 14.2 Å². The van der Waals surface area contributed by atoms with Gasteiger partial charge < -0.3 is 0 Å². The third kappa shape index (κ3) is 2.02. The summed E-state index contributed by atoms with van der Waals surface area (Å²) < 4.78 is 1.88. The molecule has 1 aromatic heterocycles. The molecule has 0 unspecified atom stereocenters. The van der Waals surface area contributed by atoms with Crippen molar-refractivity contribution in [1.82, 2.24) is 9.30 Å². The molecule has 0 fully saturated rings. The first-order valence-electron chi connectivity index (χ1n) is 3.95. The van der Waals surface area contributed by atoms with Gasteiger partial charge in [0.15, 0.2) is 5.15 Å². The summed E-state index contributed by atoms with van der Waals surface area (Å²) in [6, 6.07) is 5.57. The first kappa shape index (κ1) is 11.3. The van der Waals surface area contributed by atoms with Crippen molar-refractivity contribution in [3.05, 3.63) is 39.0 Å². The fourth-order valence-electron chi connectivity index (χ4n) is 1.20. The van der Waals surface area contributed by atoms with Gasteiger partial charge in [-0.25, -0.2) is 0 Å².